The molecule has 7 heteroatoms. The standard InChI is InChI=1S/C23H26N4O3/c1-30-14-13-26-16-22-25-24-21(12-9-17-7-10-19(28)11-8-17)27(22)20(23(26)29)15-18-5-3-2-4-6-18/h2-8,10-11,20,28H,9,12-16H2,1H3/t20-/m1/s1. The molecule has 0 radical (unpaired) electrons. The maximum Gasteiger partial charge on any atom is 0.246 e. The van der Waals surface area contributed by atoms with Crippen LogP contribution in [0.2, 0.25) is 0 Å². The molecular weight excluding hydrogens is 380 g/mol. The average Bonchev–Trinajstić information content (AvgIpc) is 3.17. The fourth-order valence-corrected chi connectivity index (χ4v) is 3.89. The number of methoxy groups -OCH3 is 1. The molecule has 0 saturated carbocycles. The number of hydrogen-bond donors (Lipinski definition) is 1. The fraction of sp³-hybridized carbons (Fsp3) is 0.348. The number of rotatable bonds is 8. The zero-order valence-electron chi connectivity index (χ0n) is 17.1. The largest absolute Gasteiger partial charge is 0.508 e. The summed E-state index contributed by atoms with van der Waals surface area (Å²) >= 11 is 0. The minimum absolute atomic E-state index is 0.0779. The summed E-state index contributed by atoms with van der Waals surface area (Å²) in [7, 11) is 1.64. The highest BCUT2D eigenvalue weighted by Gasteiger charge is 2.35. The van der Waals surface area contributed by atoms with Crippen LogP contribution < -0.4 is 0 Å². The first-order valence-corrected chi connectivity index (χ1v) is 10.2. The average molecular weight is 406 g/mol. The Balaban J connectivity index is 1.60. The molecule has 4 rings (SSSR count). The van der Waals surface area contributed by atoms with Crippen molar-refractivity contribution in [2.45, 2.75) is 31.8 Å². The van der Waals surface area contributed by atoms with Crippen LogP contribution in [0.3, 0.4) is 0 Å². The summed E-state index contributed by atoms with van der Waals surface area (Å²) in [6, 6.07) is 16.9. The summed E-state index contributed by atoms with van der Waals surface area (Å²) in [5.74, 6) is 1.96. The molecule has 1 aliphatic heterocycles. The van der Waals surface area contributed by atoms with Crippen molar-refractivity contribution in [3.63, 3.8) is 0 Å². The number of phenols is 1. The van der Waals surface area contributed by atoms with E-state index >= 15 is 0 Å². The Bertz CT molecular complexity index is 985. The second-order valence-electron chi connectivity index (χ2n) is 7.53. The van der Waals surface area contributed by atoms with E-state index in [0.29, 0.717) is 32.5 Å². The smallest absolute Gasteiger partial charge is 0.246 e. The molecule has 3 aromatic rings. The van der Waals surface area contributed by atoms with Crippen molar-refractivity contribution in [1.82, 2.24) is 19.7 Å². The van der Waals surface area contributed by atoms with Gasteiger partial charge >= 0.3 is 0 Å². The van der Waals surface area contributed by atoms with Crippen LogP contribution in [-0.4, -0.2) is 50.9 Å². The van der Waals surface area contributed by atoms with Gasteiger partial charge < -0.3 is 19.3 Å². The summed E-state index contributed by atoms with van der Waals surface area (Å²) in [6.45, 7) is 1.47. The lowest BCUT2D eigenvalue weighted by Crippen LogP contribution is -2.45. The Hall–Kier alpha value is -3.19. The molecule has 0 fully saturated rings. The lowest BCUT2D eigenvalue weighted by Gasteiger charge is -2.34. The highest BCUT2D eigenvalue weighted by molar-refractivity contribution is 5.82. The van der Waals surface area contributed by atoms with Crippen LogP contribution in [0.4, 0.5) is 0 Å². The van der Waals surface area contributed by atoms with Crippen molar-refractivity contribution >= 4 is 5.91 Å². The third kappa shape index (κ3) is 4.36. The van der Waals surface area contributed by atoms with E-state index in [2.05, 4.69) is 10.2 Å². The number of amides is 1. The molecule has 156 valence electrons. The maximum atomic E-state index is 13.3. The monoisotopic (exact) mass is 406 g/mol. The number of hydrogen-bond acceptors (Lipinski definition) is 5. The number of aromatic hydroxyl groups is 1. The van der Waals surface area contributed by atoms with E-state index in [4.69, 9.17) is 4.74 Å². The summed E-state index contributed by atoms with van der Waals surface area (Å²) in [4.78, 5) is 15.1. The normalized spacial score (nSPS) is 16.0. The van der Waals surface area contributed by atoms with Gasteiger partial charge in [-0.1, -0.05) is 42.5 Å². The molecule has 0 spiro atoms. The van der Waals surface area contributed by atoms with Gasteiger partial charge in [-0.3, -0.25) is 4.79 Å². The topological polar surface area (TPSA) is 80.5 Å². The number of carbonyl (C=O) groups is 1. The van der Waals surface area contributed by atoms with Crippen molar-refractivity contribution in [3.05, 3.63) is 77.4 Å². The van der Waals surface area contributed by atoms with Crippen molar-refractivity contribution in [1.29, 1.82) is 0 Å². The Morgan fingerprint density at radius 3 is 2.53 bits per heavy atom. The number of aryl methyl sites for hydroxylation is 2. The van der Waals surface area contributed by atoms with Gasteiger partial charge in [-0.2, -0.15) is 0 Å². The SMILES string of the molecule is COCCN1Cc2nnc(CCc3ccc(O)cc3)n2[C@H](Cc2ccccc2)C1=O. The number of aromatic nitrogens is 3. The molecule has 7 nitrogen and oxygen atoms in total. The lowest BCUT2D eigenvalue weighted by molar-refractivity contribution is -0.138. The number of phenolic OH excluding ortho intramolecular Hbond substituents is 1. The third-order valence-electron chi connectivity index (χ3n) is 5.49. The second kappa shape index (κ2) is 9.09. The van der Waals surface area contributed by atoms with Gasteiger partial charge in [0.15, 0.2) is 5.82 Å². The van der Waals surface area contributed by atoms with Gasteiger partial charge in [-0.25, -0.2) is 0 Å². The number of ether oxygens (including phenoxy) is 1. The van der Waals surface area contributed by atoms with E-state index in [1.165, 1.54) is 0 Å². The molecule has 2 aromatic carbocycles. The molecule has 30 heavy (non-hydrogen) atoms. The van der Waals surface area contributed by atoms with Crippen molar-refractivity contribution in [3.8, 4) is 5.75 Å². The van der Waals surface area contributed by atoms with Crippen LogP contribution >= 0.6 is 0 Å². The van der Waals surface area contributed by atoms with Crippen LogP contribution in [0.5, 0.6) is 5.75 Å². The van der Waals surface area contributed by atoms with Gasteiger partial charge in [-0.15, -0.1) is 10.2 Å². The molecule has 2 heterocycles. The van der Waals surface area contributed by atoms with E-state index in [9.17, 15) is 9.90 Å². The van der Waals surface area contributed by atoms with Gasteiger partial charge in [0, 0.05) is 26.5 Å². The first kappa shape index (κ1) is 20.1. The van der Waals surface area contributed by atoms with Crippen LogP contribution in [0.15, 0.2) is 54.6 Å². The Morgan fingerprint density at radius 1 is 1.03 bits per heavy atom. The predicted octanol–water partition coefficient (Wildman–Crippen LogP) is 2.54. The molecule has 1 atom stereocenters. The van der Waals surface area contributed by atoms with E-state index in [0.717, 1.165) is 29.2 Å². The van der Waals surface area contributed by atoms with E-state index < -0.39 is 0 Å². The first-order chi connectivity index (χ1) is 14.7. The zero-order valence-corrected chi connectivity index (χ0v) is 17.1. The van der Waals surface area contributed by atoms with Crippen LogP contribution in [-0.2, 0) is 35.3 Å². The summed E-state index contributed by atoms with van der Waals surface area (Å²) in [6.07, 6.45) is 2.03. The number of fused-ring (bicyclic) bond motifs is 1. The first-order valence-electron chi connectivity index (χ1n) is 10.2. The zero-order chi connectivity index (χ0) is 20.9. The quantitative estimate of drug-likeness (QED) is 0.622. The molecule has 0 saturated heterocycles. The van der Waals surface area contributed by atoms with Crippen molar-refractivity contribution in [2.24, 2.45) is 0 Å². The highest BCUT2D eigenvalue weighted by atomic mass is 16.5. The van der Waals surface area contributed by atoms with Crippen LogP contribution in [0, 0.1) is 0 Å². The Kier molecular flexibility index (Phi) is 6.09. The minimum Gasteiger partial charge on any atom is -0.508 e. The Morgan fingerprint density at radius 2 is 1.80 bits per heavy atom. The maximum absolute atomic E-state index is 13.3. The molecule has 0 bridgehead atoms. The molecule has 1 aliphatic rings. The predicted molar refractivity (Wildman–Crippen MR) is 112 cm³/mol. The molecular formula is C23H26N4O3. The summed E-state index contributed by atoms with van der Waals surface area (Å²) in [5.41, 5.74) is 2.21. The molecule has 0 unspecified atom stereocenters. The highest BCUT2D eigenvalue weighted by Crippen LogP contribution is 2.27. The molecule has 1 amide bonds. The van der Waals surface area contributed by atoms with Crippen molar-refractivity contribution in [2.75, 3.05) is 20.3 Å². The van der Waals surface area contributed by atoms with Gasteiger partial charge in [0.25, 0.3) is 0 Å². The number of benzene rings is 2. The van der Waals surface area contributed by atoms with E-state index in [-0.39, 0.29) is 17.7 Å². The van der Waals surface area contributed by atoms with Gasteiger partial charge in [-0.05, 0) is 29.7 Å². The molecule has 1 N–H and O–H groups in total. The van der Waals surface area contributed by atoms with Gasteiger partial charge in [0.2, 0.25) is 5.91 Å². The third-order valence-corrected chi connectivity index (χ3v) is 5.49. The van der Waals surface area contributed by atoms with Crippen LogP contribution in [0.25, 0.3) is 0 Å². The van der Waals surface area contributed by atoms with E-state index in [1.807, 2.05) is 51.9 Å². The second-order valence-corrected chi connectivity index (χ2v) is 7.53. The van der Waals surface area contributed by atoms with Gasteiger partial charge in [0.1, 0.15) is 17.6 Å². The molecule has 0 aliphatic carbocycles. The van der Waals surface area contributed by atoms with Crippen molar-refractivity contribution < 1.29 is 14.6 Å². The number of nitrogens with zero attached hydrogens (tertiary/aromatic N) is 4. The summed E-state index contributed by atoms with van der Waals surface area (Å²) in [5, 5.41) is 18.3. The van der Waals surface area contributed by atoms with Crippen LogP contribution in [0.1, 0.15) is 28.8 Å². The lowest BCUT2D eigenvalue weighted by atomic mass is 10.0. The molecule has 1 aromatic heterocycles. The minimum atomic E-state index is -0.363. The van der Waals surface area contributed by atoms with E-state index in [1.54, 1.807) is 19.2 Å². The summed E-state index contributed by atoms with van der Waals surface area (Å²) < 4.78 is 7.21. The fourth-order valence-electron chi connectivity index (χ4n) is 3.89. The van der Waals surface area contributed by atoms with Gasteiger partial charge in [0.05, 0.1) is 13.2 Å². The Labute approximate surface area is 175 Å². The number of carbonyl (C=O) groups excluding carboxylic acids is 1.